The van der Waals surface area contributed by atoms with E-state index in [-0.39, 0.29) is 24.2 Å². The van der Waals surface area contributed by atoms with Crippen LogP contribution in [0.1, 0.15) is 38.3 Å². The van der Waals surface area contributed by atoms with Gasteiger partial charge in [0.15, 0.2) is 0 Å². The van der Waals surface area contributed by atoms with Gasteiger partial charge in [-0.3, -0.25) is 9.59 Å². The number of benzene rings is 2. The maximum atomic E-state index is 13.6. The molecule has 0 radical (unpaired) electrons. The van der Waals surface area contributed by atoms with Crippen molar-refractivity contribution in [3.05, 3.63) is 65.5 Å². The molecule has 2 unspecified atom stereocenters. The predicted octanol–water partition coefficient (Wildman–Crippen LogP) is 3.08. The molecule has 35 heavy (non-hydrogen) atoms. The summed E-state index contributed by atoms with van der Waals surface area (Å²) in [5, 5.41) is 2.89. The summed E-state index contributed by atoms with van der Waals surface area (Å²) in [7, 11) is -1.39. The molecule has 0 aliphatic rings. The second-order valence-corrected chi connectivity index (χ2v) is 10.8. The maximum absolute atomic E-state index is 13.6. The lowest BCUT2D eigenvalue weighted by Crippen LogP contribution is -2.53. The SMILES string of the molecule is CCC(C)NC(=O)C(C)N(Cc1cccc(C)c1)C(=O)CN(c1ccc(F)cc1)S(=O)(=O)N(C)C. The van der Waals surface area contributed by atoms with Crippen molar-refractivity contribution in [2.24, 2.45) is 0 Å². The number of aryl methyl sites for hydroxylation is 1. The van der Waals surface area contributed by atoms with Crippen LogP contribution in [0.25, 0.3) is 0 Å². The number of amides is 2. The van der Waals surface area contributed by atoms with Gasteiger partial charge in [-0.25, -0.2) is 8.70 Å². The van der Waals surface area contributed by atoms with Crippen molar-refractivity contribution in [3.8, 4) is 0 Å². The Labute approximate surface area is 207 Å². The van der Waals surface area contributed by atoms with E-state index in [1.807, 2.05) is 45.0 Å². The van der Waals surface area contributed by atoms with Gasteiger partial charge < -0.3 is 10.2 Å². The Balaban J connectivity index is 2.44. The summed E-state index contributed by atoms with van der Waals surface area (Å²) in [6.07, 6.45) is 0.726. The third kappa shape index (κ3) is 7.50. The molecule has 0 saturated carbocycles. The summed E-state index contributed by atoms with van der Waals surface area (Å²) in [6.45, 7) is 6.92. The van der Waals surface area contributed by atoms with Gasteiger partial charge in [0, 0.05) is 26.7 Å². The molecule has 8 nitrogen and oxygen atoms in total. The summed E-state index contributed by atoms with van der Waals surface area (Å²) in [5.74, 6) is -1.42. The number of carbonyl (C=O) groups is 2. The number of anilines is 1. The molecule has 192 valence electrons. The molecule has 2 aromatic rings. The Hall–Kier alpha value is -2.98. The average Bonchev–Trinajstić information content (AvgIpc) is 2.80. The smallest absolute Gasteiger partial charge is 0.304 e. The normalized spacial score (nSPS) is 13.3. The third-order valence-corrected chi connectivity index (χ3v) is 7.56. The van der Waals surface area contributed by atoms with E-state index in [0.29, 0.717) is 0 Å². The minimum absolute atomic E-state index is 0.0781. The highest BCUT2D eigenvalue weighted by molar-refractivity contribution is 7.90. The second-order valence-electron chi connectivity index (χ2n) is 8.78. The zero-order valence-electron chi connectivity index (χ0n) is 21.2. The molecule has 10 heteroatoms. The van der Waals surface area contributed by atoms with Gasteiger partial charge in [0.05, 0.1) is 5.69 Å². The van der Waals surface area contributed by atoms with E-state index in [0.717, 1.165) is 38.3 Å². The minimum Gasteiger partial charge on any atom is -0.352 e. The highest BCUT2D eigenvalue weighted by Gasteiger charge is 2.32. The van der Waals surface area contributed by atoms with Crippen molar-refractivity contribution in [2.75, 3.05) is 24.9 Å². The lowest BCUT2D eigenvalue weighted by molar-refractivity contribution is -0.139. The number of halogens is 1. The lowest BCUT2D eigenvalue weighted by Gasteiger charge is -2.33. The molecule has 0 bridgehead atoms. The van der Waals surface area contributed by atoms with E-state index in [1.54, 1.807) is 6.92 Å². The predicted molar refractivity (Wildman–Crippen MR) is 135 cm³/mol. The number of hydrogen-bond donors (Lipinski definition) is 1. The van der Waals surface area contributed by atoms with E-state index in [9.17, 15) is 22.4 Å². The fourth-order valence-corrected chi connectivity index (χ4v) is 4.44. The van der Waals surface area contributed by atoms with E-state index in [1.165, 1.54) is 31.1 Å². The van der Waals surface area contributed by atoms with E-state index in [4.69, 9.17) is 0 Å². The van der Waals surface area contributed by atoms with Crippen molar-refractivity contribution in [2.45, 2.75) is 52.7 Å². The summed E-state index contributed by atoms with van der Waals surface area (Å²) in [6, 6.07) is 11.5. The summed E-state index contributed by atoms with van der Waals surface area (Å²) >= 11 is 0. The molecular formula is C25H35FN4O4S. The van der Waals surface area contributed by atoms with E-state index >= 15 is 0 Å². The Bertz CT molecular complexity index is 1120. The second kappa shape index (κ2) is 12.1. The zero-order chi connectivity index (χ0) is 26.3. The topological polar surface area (TPSA) is 90.0 Å². The van der Waals surface area contributed by atoms with Gasteiger partial charge in [-0.15, -0.1) is 0 Å². The van der Waals surface area contributed by atoms with Gasteiger partial charge in [0.1, 0.15) is 18.4 Å². The van der Waals surface area contributed by atoms with Gasteiger partial charge >= 0.3 is 10.2 Å². The van der Waals surface area contributed by atoms with Gasteiger partial charge in [-0.1, -0.05) is 36.8 Å². The van der Waals surface area contributed by atoms with Gasteiger partial charge in [-0.05, 0) is 57.0 Å². The van der Waals surface area contributed by atoms with Gasteiger partial charge in [0.2, 0.25) is 11.8 Å². The van der Waals surface area contributed by atoms with Crippen LogP contribution in [0, 0.1) is 12.7 Å². The molecule has 0 fully saturated rings. The molecule has 0 aromatic heterocycles. The molecule has 1 N–H and O–H groups in total. The molecule has 0 aliphatic heterocycles. The number of rotatable bonds is 11. The largest absolute Gasteiger partial charge is 0.352 e. The number of hydrogen-bond acceptors (Lipinski definition) is 4. The first-order valence-corrected chi connectivity index (χ1v) is 12.9. The van der Waals surface area contributed by atoms with Crippen LogP contribution in [-0.4, -0.2) is 62.2 Å². The molecule has 0 saturated heterocycles. The van der Waals surface area contributed by atoms with Gasteiger partial charge in [-0.2, -0.15) is 12.7 Å². The average molecular weight is 507 g/mol. The number of nitrogens with one attached hydrogen (secondary N) is 1. The molecule has 0 spiro atoms. The van der Waals surface area contributed by atoms with Crippen LogP contribution in [0.5, 0.6) is 0 Å². The number of carbonyl (C=O) groups excluding carboxylic acids is 2. The van der Waals surface area contributed by atoms with Crippen molar-refractivity contribution in [1.82, 2.24) is 14.5 Å². The van der Waals surface area contributed by atoms with Crippen LogP contribution in [-0.2, 0) is 26.3 Å². The third-order valence-electron chi connectivity index (χ3n) is 5.74. The van der Waals surface area contributed by atoms with Crippen LogP contribution in [0.15, 0.2) is 48.5 Å². The lowest BCUT2D eigenvalue weighted by atomic mass is 10.1. The van der Waals surface area contributed by atoms with Crippen LogP contribution < -0.4 is 9.62 Å². The summed E-state index contributed by atoms with van der Waals surface area (Å²) in [4.78, 5) is 27.9. The van der Waals surface area contributed by atoms with Crippen LogP contribution in [0.4, 0.5) is 10.1 Å². The fourth-order valence-electron chi connectivity index (χ4n) is 3.38. The molecular weight excluding hydrogens is 471 g/mol. The first kappa shape index (κ1) is 28.3. The first-order valence-electron chi connectivity index (χ1n) is 11.5. The Kier molecular flexibility index (Phi) is 9.79. The highest BCUT2D eigenvalue weighted by atomic mass is 32.2. The van der Waals surface area contributed by atoms with Crippen LogP contribution in [0.3, 0.4) is 0 Å². The molecule has 2 aromatic carbocycles. The fraction of sp³-hybridized carbons (Fsp3) is 0.440. The monoisotopic (exact) mass is 506 g/mol. The standard InChI is InChI=1S/C25H35FN4O4S/c1-7-19(3)27-25(32)20(4)29(16-21-10-8-9-18(2)15-21)24(31)17-30(35(33,34)28(5)6)23-13-11-22(26)12-14-23/h8-15,19-20H,7,16-17H2,1-6H3,(H,27,32). The molecule has 0 aliphatic carbocycles. The van der Waals surface area contributed by atoms with Crippen molar-refractivity contribution in [3.63, 3.8) is 0 Å². The van der Waals surface area contributed by atoms with Crippen LogP contribution in [0.2, 0.25) is 0 Å². The Morgan fingerprint density at radius 1 is 1.06 bits per heavy atom. The van der Waals surface area contributed by atoms with Crippen molar-refractivity contribution in [1.29, 1.82) is 0 Å². The Morgan fingerprint density at radius 2 is 1.69 bits per heavy atom. The number of nitrogens with zero attached hydrogens (tertiary/aromatic N) is 3. The first-order chi connectivity index (χ1) is 16.4. The summed E-state index contributed by atoms with van der Waals surface area (Å²) < 4.78 is 41.5. The van der Waals surface area contributed by atoms with Crippen LogP contribution >= 0.6 is 0 Å². The zero-order valence-corrected chi connectivity index (χ0v) is 22.0. The quantitative estimate of drug-likeness (QED) is 0.507. The Morgan fingerprint density at radius 3 is 2.23 bits per heavy atom. The maximum Gasteiger partial charge on any atom is 0.304 e. The summed E-state index contributed by atoms with van der Waals surface area (Å²) in [5.41, 5.74) is 1.95. The van der Waals surface area contributed by atoms with E-state index in [2.05, 4.69) is 5.32 Å². The molecule has 2 rings (SSSR count). The minimum atomic E-state index is -4.09. The molecule has 2 amide bonds. The highest BCUT2D eigenvalue weighted by Crippen LogP contribution is 2.21. The molecule has 0 heterocycles. The van der Waals surface area contributed by atoms with Crippen molar-refractivity contribution >= 4 is 27.7 Å². The van der Waals surface area contributed by atoms with Crippen molar-refractivity contribution < 1.29 is 22.4 Å². The van der Waals surface area contributed by atoms with Gasteiger partial charge in [0.25, 0.3) is 0 Å². The molecule has 2 atom stereocenters. The van der Waals surface area contributed by atoms with E-state index < -0.39 is 34.5 Å².